The van der Waals surface area contributed by atoms with Gasteiger partial charge in [0.1, 0.15) is 12.2 Å². The van der Waals surface area contributed by atoms with Crippen molar-refractivity contribution in [1.82, 2.24) is 14.2 Å². The van der Waals surface area contributed by atoms with Crippen molar-refractivity contribution >= 4 is 42.4 Å². The SMILES string of the molecule is C#C[C@]1(F)C(O)[C@@H](COP(=O)(OCCSC(C)=O)N(C)C)O[C@H]1n1cnc2c1N=CCC2=O. The topological polar surface area (TPSA) is 133 Å². The molecular formula is C19H24FN4O7PS. The number of hydrogen-bond donors (Lipinski definition) is 1. The second-order valence-electron chi connectivity index (χ2n) is 7.43. The van der Waals surface area contributed by atoms with Gasteiger partial charge < -0.3 is 9.84 Å². The highest BCUT2D eigenvalue weighted by atomic mass is 32.2. The minimum atomic E-state index is -3.83. The summed E-state index contributed by atoms with van der Waals surface area (Å²) in [7, 11) is -0.912. The summed E-state index contributed by atoms with van der Waals surface area (Å²) in [6.07, 6.45) is 3.26. The maximum absolute atomic E-state index is 15.7. The molecule has 1 saturated heterocycles. The van der Waals surface area contributed by atoms with Crippen LogP contribution in [0, 0.1) is 12.3 Å². The molecule has 0 bridgehead atoms. The Morgan fingerprint density at radius 3 is 2.91 bits per heavy atom. The summed E-state index contributed by atoms with van der Waals surface area (Å²) in [5.41, 5.74) is -2.66. The zero-order valence-electron chi connectivity index (χ0n) is 18.2. The molecular weight excluding hydrogens is 478 g/mol. The molecule has 2 unspecified atom stereocenters. The van der Waals surface area contributed by atoms with Gasteiger partial charge in [0.2, 0.25) is 5.67 Å². The number of thioether (sulfide) groups is 1. The summed E-state index contributed by atoms with van der Waals surface area (Å²) in [5, 5.41) is 10.5. The van der Waals surface area contributed by atoms with E-state index in [0.29, 0.717) is 0 Å². The third-order valence-electron chi connectivity index (χ3n) is 4.98. The predicted molar refractivity (Wildman–Crippen MR) is 118 cm³/mol. The van der Waals surface area contributed by atoms with Crippen LogP contribution >= 0.6 is 19.5 Å². The molecule has 0 aromatic carbocycles. The number of hydrogen-bond acceptors (Lipinski definition) is 10. The molecule has 1 aromatic rings. The Balaban J connectivity index is 1.75. The Bertz CT molecular complexity index is 1040. The summed E-state index contributed by atoms with van der Waals surface area (Å²) in [5.74, 6) is 1.95. The van der Waals surface area contributed by atoms with E-state index in [9.17, 15) is 19.3 Å². The number of imidazole rings is 1. The number of rotatable bonds is 9. The van der Waals surface area contributed by atoms with Crippen molar-refractivity contribution in [3.63, 3.8) is 0 Å². The summed E-state index contributed by atoms with van der Waals surface area (Å²) in [4.78, 5) is 31.1. The Hall–Kier alpha value is -1.91. The van der Waals surface area contributed by atoms with Crippen molar-refractivity contribution < 1.29 is 37.4 Å². The van der Waals surface area contributed by atoms with Gasteiger partial charge in [0.25, 0.3) is 0 Å². The van der Waals surface area contributed by atoms with Crippen molar-refractivity contribution in [2.24, 2.45) is 4.99 Å². The molecule has 0 saturated carbocycles. The third kappa shape index (κ3) is 5.12. The van der Waals surface area contributed by atoms with Crippen LogP contribution in [0.5, 0.6) is 0 Å². The summed E-state index contributed by atoms with van der Waals surface area (Å²) in [6.45, 7) is 0.843. The quantitative estimate of drug-likeness (QED) is 0.303. The molecule has 0 radical (unpaired) electrons. The van der Waals surface area contributed by atoms with E-state index in [4.69, 9.17) is 20.2 Å². The van der Waals surface area contributed by atoms with Gasteiger partial charge in [0, 0.05) is 25.3 Å². The number of ketones is 1. The van der Waals surface area contributed by atoms with Gasteiger partial charge in [-0.15, -0.1) is 6.42 Å². The number of nitrogens with zero attached hydrogens (tertiary/aromatic N) is 4. The summed E-state index contributed by atoms with van der Waals surface area (Å²) < 4.78 is 47.5. The first-order valence-electron chi connectivity index (χ1n) is 9.86. The van der Waals surface area contributed by atoms with Gasteiger partial charge in [-0.1, -0.05) is 17.7 Å². The normalized spacial score (nSPS) is 28.5. The van der Waals surface area contributed by atoms with Crippen LogP contribution < -0.4 is 0 Å². The number of aliphatic imine (C=N–C) groups is 1. The van der Waals surface area contributed by atoms with Crippen LogP contribution in [0.4, 0.5) is 10.2 Å². The monoisotopic (exact) mass is 502 g/mol. The van der Waals surface area contributed by atoms with Crippen LogP contribution in [0.15, 0.2) is 11.3 Å². The van der Waals surface area contributed by atoms with Crippen LogP contribution in [-0.4, -0.2) is 87.4 Å². The third-order valence-corrected chi connectivity index (χ3v) is 7.72. The van der Waals surface area contributed by atoms with Crippen LogP contribution in [0.2, 0.25) is 0 Å². The van der Waals surface area contributed by atoms with Gasteiger partial charge in [-0.3, -0.25) is 23.2 Å². The highest BCUT2D eigenvalue weighted by molar-refractivity contribution is 8.13. The van der Waals surface area contributed by atoms with Gasteiger partial charge >= 0.3 is 7.75 Å². The number of carbonyl (C=O) groups is 2. The molecule has 0 aliphatic carbocycles. The number of aromatic nitrogens is 2. The van der Waals surface area contributed by atoms with E-state index in [-0.39, 0.29) is 41.2 Å². The zero-order chi connectivity index (χ0) is 24.4. The molecule has 3 heterocycles. The number of Topliss-reactive ketones (excluding diaryl/α,β-unsaturated/α-hetero) is 1. The van der Waals surface area contributed by atoms with Crippen molar-refractivity contribution in [1.29, 1.82) is 0 Å². The van der Waals surface area contributed by atoms with Crippen LogP contribution in [-0.2, 0) is 23.1 Å². The first-order valence-corrected chi connectivity index (χ1v) is 12.3. The predicted octanol–water partition coefficient (Wildman–Crippen LogP) is 1.75. The molecule has 2 aliphatic heterocycles. The Kier molecular flexibility index (Phi) is 7.91. The van der Waals surface area contributed by atoms with Crippen molar-refractivity contribution in [2.75, 3.05) is 33.1 Å². The minimum Gasteiger partial charge on any atom is -0.386 e. The molecule has 33 heavy (non-hydrogen) atoms. The molecule has 1 fully saturated rings. The van der Waals surface area contributed by atoms with Crippen molar-refractivity contribution in [3.8, 4) is 12.3 Å². The largest absolute Gasteiger partial charge is 0.407 e. The number of ether oxygens (including phenoxy) is 1. The molecule has 0 spiro atoms. The smallest absolute Gasteiger partial charge is 0.386 e. The highest BCUT2D eigenvalue weighted by Gasteiger charge is 2.58. The van der Waals surface area contributed by atoms with Crippen LogP contribution in [0.1, 0.15) is 30.1 Å². The first-order chi connectivity index (χ1) is 15.5. The standard InChI is InChI=1S/C19H24FN4O7PS/c1-5-19(20)16(27)14(10-30-32(28,23(3)4)29-8-9-33-12(2)25)31-18(19)24-11-22-15-13(26)6-7-21-17(15)24/h1,7,11,14,16,18,27H,6,8-10H2,2-4H3/t14-,16?,18-,19+,32?/m1/s1. The van der Waals surface area contributed by atoms with Gasteiger partial charge in [-0.2, -0.15) is 0 Å². The maximum atomic E-state index is 15.7. The maximum Gasteiger partial charge on any atom is 0.407 e. The molecule has 14 heteroatoms. The Labute approximate surface area is 194 Å². The van der Waals surface area contributed by atoms with Gasteiger partial charge in [-0.05, 0) is 14.1 Å². The summed E-state index contributed by atoms with van der Waals surface area (Å²) in [6, 6.07) is 0. The lowest BCUT2D eigenvalue weighted by Crippen LogP contribution is -2.42. The highest BCUT2D eigenvalue weighted by Crippen LogP contribution is 2.51. The number of aliphatic hydroxyl groups excluding tert-OH is 1. The summed E-state index contributed by atoms with van der Waals surface area (Å²) >= 11 is 1.00. The van der Waals surface area contributed by atoms with E-state index < -0.39 is 38.5 Å². The van der Waals surface area contributed by atoms with Crippen molar-refractivity contribution in [2.45, 2.75) is 37.4 Å². The molecule has 2 aliphatic rings. The van der Waals surface area contributed by atoms with Crippen molar-refractivity contribution in [3.05, 3.63) is 12.0 Å². The average molecular weight is 502 g/mol. The first kappa shape index (κ1) is 25.7. The van der Waals surface area contributed by atoms with E-state index in [1.807, 2.05) is 5.92 Å². The lowest BCUT2D eigenvalue weighted by Gasteiger charge is -2.25. The number of terminal acetylenes is 1. The molecule has 3 rings (SSSR count). The van der Waals surface area contributed by atoms with E-state index in [1.54, 1.807) is 0 Å². The minimum absolute atomic E-state index is 0.0407. The fourth-order valence-corrected chi connectivity index (χ4v) is 5.02. The molecule has 1 aromatic heterocycles. The number of alkyl halides is 1. The number of halogens is 1. The lowest BCUT2D eigenvalue weighted by molar-refractivity contribution is -0.109. The van der Waals surface area contributed by atoms with E-state index in [2.05, 4.69) is 9.98 Å². The van der Waals surface area contributed by atoms with E-state index in [1.165, 1.54) is 31.9 Å². The van der Waals surface area contributed by atoms with Crippen LogP contribution in [0.25, 0.3) is 0 Å². The lowest BCUT2D eigenvalue weighted by atomic mass is 9.97. The molecule has 1 N–H and O–H groups in total. The van der Waals surface area contributed by atoms with Crippen LogP contribution in [0.3, 0.4) is 0 Å². The Morgan fingerprint density at radius 2 is 2.27 bits per heavy atom. The van der Waals surface area contributed by atoms with Gasteiger partial charge in [-0.25, -0.2) is 23.6 Å². The Morgan fingerprint density at radius 1 is 1.55 bits per heavy atom. The molecule has 11 nitrogen and oxygen atoms in total. The fourth-order valence-electron chi connectivity index (χ4n) is 3.25. The average Bonchev–Trinajstić information content (AvgIpc) is 3.30. The second-order valence-corrected chi connectivity index (χ2v) is 11.0. The molecule has 0 amide bonds. The number of aliphatic hydroxyl groups is 1. The van der Waals surface area contributed by atoms with Gasteiger partial charge in [0.15, 0.2) is 28.6 Å². The van der Waals surface area contributed by atoms with E-state index >= 15 is 4.39 Å². The molecule has 180 valence electrons. The number of fused-ring (bicyclic) bond motifs is 1. The second kappa shape index (κ2) is 10.1. The molecule has 5 atom stereocenters. The zero-order valence-corrected chi connectivity index (χ0v) is 19.9. The van der Waals surface area contributed by atoms with Gasteiger partial charge in [0.05, 0.1) is 19.5 Å². The van der Waals surface area contributed by atoms with E-state index in [0.717, 1.165) is 22.7 Å². The number of carbonyl (C=O) groups excluding carboxylic acids is 2. The fraction of sp³-hybridized carbons (Fsp3) is 0.579.